The third-order valence-electron chi connectivity index (χ3n) is 6.06. The molecule has 41 heavy (non-hydrogen) atoms. The number of aromatic carboxylic acids is 1. The van der Waals surface area contributed by atoms with E-state index in [0.717, 1.165) is 23.3 Å². The third-order valence-corrected chi connectivity index (χ3v) is 7.74. The average Bonchev–Trinajstić information content (AvgIpc) is 3.21. The van der Waals surface area contributed by atoms with E-state index in [1.54, 1.807) is 13.8 Å². The van der Waals surface area contributed by atoms with Crippen molar-refractivity contribution in [3.8, 4) is 17.3 Å². The van der Waals surface area contributed by atoms with Crippen LogP contribution in [0.1, 0.15) is 51.4 Å². The normalized spacial score (nSPS) is 11.5. The lowest BCUT2D eigenvalue weighted by atomic mass is 10.1. The van der Waals surface area contributed by atoms with E-state index in [1.807, 2.05) is 32.0 Å². The van der Waals surface area contributed by atoms with E-state index in [4.69, 9.17) is 4.74 Å². The molecule has 12 heteroatoms. The van der Waals surface area contributed by atoms with Crippen LogP contribution in [0.4, 0.5) is 10.1 Å². The van der Waals surface area contributed by atoms with Gasteiger partial charge in [-0.25, -0.2) is 22.3 Å². The Morgan fingerprint density at radius 2 is 1.68 bits per heavy atom. The fraction of sp³-hybridized carbons (Fsp3) is 0.207. The largest absolute Gasteiger partial charge is 0.476 e. The number of halogens is 1. The van der Waals surface area contributed by atoms with Crippen LogP contribution < -0.4 is 14.8 Å². The second-order valence-corrected chi connectivity index (χ2v) is 11.5. The van der Waals surface area contributed by atoms with E-state index in [-0.39, 0.29) is 39.0 Å². The van der Waals surface area contributed by atoms with E-state index in [0.29, 0.717) is 5.69 Å². The Bertz CT molecular complexity index is 1750. The molecule has 4 rings (SSSR count). The predicted octanol–water partition coefficient (Wildman–Crippen LogP) is 5.37. The molecule has 214 valence electrons. The fourth-order valence-corrected chi connectivity index (χ4v) is 5.48. The van der Waals surface area contributed by atoms with Crippen LogP contribution in [-0.2, 0) is 10.0 Å². The molecule has 0 bridgehead atoms. The Balaban J connectivity index is 1.83. The van der Waals surface area contributed by atoms with E-state index >= 15 is 0 Å². The van der Waals surface area contributed by atoms with Crippen molar-refractivity contribution in [3.05, 3.63) is 94.4 Å². The number of aromatic nitrogens is 2. The monoisotopic (exact) mass is 580 g/mol. The fourth-order valence-electron chi connectivity index (χ4n) is 4.08. The number of carboxylic acids is 1. The van der Waals surface area contributed by atoms with Gasteiger partial charge in [0.15, 0.2) is 5.69 Å². The number of hydrogen-bond acceptors (Lipinski definition) is 6. The maximum absolute atomic E-state index is 13.4. The van der Waals surface area contributed by atoms with Crippen LogP contribution in [0.15, 0.2) is 65.6 Å². The third kappa shape index (κ3) is 6.44. The lowest BCUT2D eigenvalue weighted by Crippen LogP contribution is -2.30. The van der Waals surface area contributed by atoms with Crippen molar-refractivity contribution in [1.29, 1.82) is 0 Å². The SMILES string of the molecule is Cc1ccc(C)c(-n2nc(C(=O)O)c(C)c2Oc2ccc(NC(=O)c3ccc(F)cc3)cc2S(=O)(=O)NC(C)C)c1. The van der Waals surface area contributed by atoms with Crippen LogP contribution in [0.25, 0.3) is 5.69 Å². The summed E-state index contributed by atoms with van der Waals surface area (Å²) in [6.45, 7) is 8.52. The molecule has 0 saturated heterocycles. The zero-order chi connectivity index (χ0) is 30.1. The molecule has 0 aliphatic rings. The number of hydrogen-bond donors (Lipinski definition) is 3. The molecule has 0 aliphatic heterocycles. The van der Waals surface area contributed by atoms with Gasteiger partial charge in [0.05, 0.1) is 5.69 Å². The Morgan fingerprint density at radius 1 is 1.00 bits per heavy atom. The summed E-state index contributed by atoms with van der Waals surface area (Å²) in [5.74, 6) is -2.46. The Kier molecular flexibility index (Phi) is 8.27. The second kappa shape index (κ2) is 11.5. The van der Waals surface area contributed by atoms with Crippen molar-refractivity contribution in [2.75, 3.05) is 5.32 Å². The minimum Gasteiger partial charge on any atom is -0.476 e. The zero-order valence-electron chi connectivity index (χ0n) is 23.0. The van der Waals surface area contributed by atoms with E-state index in [1.165, 1.54) is 41.9 Å². The second-order valence-electron chi connectivity index (χ2n) is 9.79. The van der Waals surface area contributed by atoms with Gasteiger partial charge in [-0.05, 0) is 94.3 Å². The van der Waals surface area contributed by atoms with Crippen molar-refractivity contribution < 1.29 is 32.2 Å². The van der Waals surface area contributed by atoms with E-state index in [2.05, 4.69) is 15.1 Å². The molecule has 0 unspecified atom stereocenters. The standard InChI is InChI=1S/C29H29FN4O6S/c1-16(2)33-41(38,39)25-15-22(31-27(35)20-8-10-21(30)11-9-20)12-13-24(25)40-28-19(5)26(29(36)37)32-34(28)23-14-17(3)6-7-18(23)4/h6-16,33H,1-5H3,(H,31,35)(H,36,37). The maximum atomic E-state index is 13.4. The summed E-state index contributed by atoms with van der Waals surface area (Å²) in [5.41, 5.74) is 2.48. The van der Waals surface area contributed by atoms with Crippen molar-refractivity contribution in [1.82, 2.24) is 14.5 Å². The van der Waals surface area contributed by atoms with Gasteiger partial charge in [-0.15, -0.1) is 0 Å². The summed E-state index contributed by atoms with van der Waals surface area (Å²) in [5, 5.41) is 16.6. The number of carbonyl (C=O) groups is 2. The number of carboxylic acid groups (broad SMARTS) is 1. The molecular weight excluding hydrogens is 551 g/mol. The van der Waals surface area contributed by atoms with Crippen LogP contribution in [0.5, 0.6) is 11.6 Å². The lowest BCUT2D eigenvalue weighted by molar-refractivity contribution is 0.0689. The smallest absolute Gasteiger partial charge is 0.356 e. The number of ether oxygens (including phenoxy) is 1. The summed E-state index contributed by atoms with van der Waals surface area (Å²) in [7, 11) is -4.18. The molecule has 0 fully saturated rings. The van der Waals surface area contributed by atoms with Crippen LogP contribution in [0.3, 0.4) is 0 Å². The first-order chi connectivity index (χ1) is 19.3. The number of nitrogens with one attached hydrogen (secondary N) is 2. The molecule has 3 aromatic carbocycles. The summed E-state index contributed by atoms with van der Waals surface area (Å²) < 4.78 is 50.0. The molecule has 0 radical (unpaired) electrons. The highest BCUT2D eigenvalue weighted by Crippen LogP contribution is 2.36. The van der Waals surface area contributed by atoms with Crippen molar-refractivity contribution in [2.45, 2.75) is 45.6 Å². The van der Waals surface area contributed by atoms with Crippen LogP contribution in [0, 0.1) is 26.6 Å². The number of anilines is 1. The minimum atomic E-state index is -4.18. The Morgan fingerprint density at radius 3 is 2.32 bits per heavy atom. The number of amides is 1. The highest BCUT2D eigenvalue weighted by atomic mass is 32.2. The first-order valence-corrected chi connectivity index (χ1v) is 14.1. The first-order valence-electron chi connectivity index (χ1n) is 12.6. The Labute approximate surface area is 236 Å². The molecule has 10 nitrogen and oxygen atoms in total. The minimum absolute atomic E-state index is 0.0141. The molecule has 0 aliphatic carbocycles. The van der Waals surface area contributed by atoms with E-state index < -0.39 is 33.8 Å². The Hall–Kier alpha value is -4.55. The van der Waals surface area contributed by atoms with Crippen molar-refractivity contribution in [3.63, 3.8) is 0 Å². The summed E-state index contributed by atoms with van der Waals surface area (Å²) in [6.07, 6.45) is 0. The van der Waals surface area contributed by atoms with Crippen LogP contribution in [-0.4, -0.2) is 41.2 Å². The van der Waals surface area contributed by atoms with Gasteiger partial charge < -0.3 is 15.2 Å². The quantitative estimate of drug-likeness (QED) is 0.242. The first kappa shape index (κ1) is 29.4. The van der Waals surface area contributed by atoms with Gasteiger partial charge in [0.1, 0.15) is 16.5 Å². The van der Waals surface area contributed by atoms with E-state index in [9.17, 15) is 27.5 Å². The molecule has 0 spiro atoms. The van der Waals surface area contributed by atoms with Gasteiger partial charge in [0.2, 0.25) is 15.9 Å². The van der Waals surface area contributed by atoms with Crippen LogP contribution >= 0.6 is 0 Å². The van der Waals surface area contributed by atoms with Crippen LogP contribution in [0.2, 0.25) is 0 Å². The zero-order valence-corrected chi connectivity index (χ0v) is 23.8. The van der Waals surface area contributed by atoms with Gasteiger partial charge in [-0.2, -0.15) is 9.78 Å². The summed E-state index contributed by atoms with van der Waals surface area (Å²) >= 11 is 0. The highest BCUT2D eigenvalue weighted by molar-refractivity contribution is 7.89. The predicted molar refractivity (Wildman–Crippen MR) is 151 cm³/mol. The lowest BCUT2D eigenvalue weighted by Gasteiger charge is -2.17. The maximum Gasteiger partial charge on any atom is 0.356 e. The molecule has 1 heterocycles. The number of sulfonamides is 1. The number of carbonyl (C=O) groups excluding carboxylic acids is 1. The van der Waals surface area contributed by atoms with Gasteiger partial charge >= 0.3 is 5.97 Å². The number of aryl methyl sites for hydroxylation is 2. The summed E-state index contributed by atoms with van der Waals surface area (Å²) in [4.78, 5) is 24.4. The van der Waals surface area contributed by atoms with Gasteiger partial charge in [-0.3, -0.25) is 4.79 Å². The average molecular weight is 581 g/mol. The number of benzene rings is 3. The molecular formula is C29H29FN4O6S. The van der Waals surface area contributed by atoms with Gasteiger partial charge in [0, 0.05) is 22.9 Å². The molecule has 0 saturated carbocycles. The summed E-state index contributed by atoms with van der Waals surface area (Å²) in [6, 6.07) is 14.0. The van der Waals surface area contributed by atoms with Crippen molar-refractivity contribution in [2.24, 2.45) is 0 Å². The van der Waals surface area contributed by atoms with Crippen molar-refractivity contribution >= 4 is 27.6 Å². The van der Waals surface area contributed by atoms with Gasteiger partial charge in [-0.1, -0.05) is 12.1 Å². The van der Waals surface area contributed by atoms with Gasteiger partial charge in [0.25, 0.3) is 5.91 Å². The number of nitrogens with zero attached hydrogens (tertiary/aromatic N) is 2. The molecule has 1 amide bonds. The molecule has 1 aromatic heterocycles. The highest BCUT2D eigenvalue weighted by Gasteiger charge is 2.27. The molecule has 3 N–H and O–H groups in total. The molecule has 0 atom stereocenters. The number of rotatable bonds is 9. The molecule has 4 aromatic rings. The topological polar surface area (TPSA) is 140 Å².